The number of imidazole rings is 1. The molecule has 0 aliphatic heterocycles. The summed E-state index contributed by atoms with van der Waals surface area (Å²) in [6, 6.07) is 14.8. The van der Waals surface area contributed by atoms with Gasteiger partial charge in [0, 0.05) is 37.9 Å². The fraction of sp³-hybridized carbons (Fsp3) is 0.310. The van der Waals surface area contributed by atoms with E-state index in [0.717, 1.165) is 48.5 Å². The van der Waals surface area contributed by atoms with Gasteiger partial charge in [-0.3, -0.25) is 19.7 Å². The molecule has 0 saturated carbocycles. The van der Waals surface area contributed by atoms with Crippen LogP contribution in [0.1, 0.15) is 68.7 Å². The number of carbonyl (C=O) groups excluding carboxylic acids is 1. The molecule has 36 heavy (non-hydrogen) atoms. The number of aryl methyl sites for hydroxylation is 3. The van der Waals surface area contributed by atoms with Crippen molar-refractivity contribution in [3.63, 3.8) is 0 Å². The Morgan fingerprint density at radius 2 is 1.92 bits per heavy atom. The van der Waals surface area contributed by atoms with Crippen LogP contribution in [-0.4, -0.2) is 30.7 Å². The zero-order chi connectivity index (χ0) is 24.9. The Hall–Kier alpha value is -3.84. The van der Waals surface area contributed by atoms with Crippen molar-refractivity contribution in [3.05, 3.63) is 112 Å². The minimum Gasteiger partial charge on any atom is -0.348 e. The van der Waals surface area contributed by atoms with Crippen molar-refractivity contribution in [2.45, 2.75) is 58.8 Å². The molecule has 7 heteroatoms. The van der Waals surface area contributed by atoms with Gasteiger partial charge in [-0.15, -0.1) is 0 Å². The molecule has 3 heterocycles. The highest BCUT2D eigenvalue weighted by Crippen LogP contribution is 2.34. The lowest BCUT2D eigenvalue weighted by Crippen LogP contribution is -2.32. The first-order valence-corrected chi connectivity index (χ1v) is 12.5. The second-order valence-electron chi connectivity index (χ2n) is 9.49. The number of carbonyl (C=O) groups is 1. The molecule has 7 nitrogen and oxygen atoms in total. The topological polar surface area (TPSA) is 86.8 Å². The van der Waals surface area contributed by atoms with Gasteiger partial charge in [-0.2, -0.15) is 0 Å². The number of aromatic nitrogens is 4. The Morgan fingerprint density at radius 1 is 1.03 bits per heavy atom. The molecule has 0 fully saturated rings. The van der Waals surface area contributed by atoms with Crippen molar-refractivity contribution in [3.8, 4) is 0 Å². The Bertz CT molecular complexity index is 1310. The summed E-state index contributed by atoms with van der Waals surface area (Å²) in [6.45, 7) is 5.76. The van der Waals surface area contributed by atoms with Gasteiger partial charge in [0.1, 0.15) is 5.82 Å². The molecule has 1 aliphatic carbocycles. The number of pyridine rings is 2. The largest absolute Gasteiger partial charge is 0.348 e. The molecule has 1 aromatic carbocycles. The van der Waals surface area contributed by atoms with Crippen molar-refractivity contribution >= 4 is 5.91 Å². The van der Waals surface area contributed by atoms with E-state index in [1.807, 2.05) is 38.4 Å². The first kappa shape index (κ1) is 23.9. The van der Waals surface area contributed by atoms with Crippen LogP contribution in [0.2, 0.25) is 0 Å². The molecular formula is C29H32N6O. The highest BCUT2D eigenvalue weighted by atomic mass is 16.1. The van der Waals surface area contributed by atoms with Gasteiger partial charge in [0.05, 0.1) is 29.5 Å². The predicted molar refractivity (Wildman–Crippen MR) is 139 cm³/mol. The summed E-state index contributed by atoms with van der Waals surface area (Å²) in [6.07, 6.45) is 10.6. The standard InChI is InChI=1S/C29H32N6O/c1-20-11-13-30-21(2)27(20)29(36)34-17-22-6-3-7-23(16-22)18-35(19-26-31-14-15-32-26)25-10-4-8-24-9-5-12-33-28(24)25/h3,5-7,9,11-16,25H,4,8,10,17-19H2,1-2H3,(H,31,32)(H,34,36). The summed E-state index contributed by atoms with van der Waals surface area (Å²) >= 11 is 0. The lowest BCUT2D eigenvalue weighted by Gasteiger charge is -2.34. The van der Waals surface area contributed by atoms with Gasteiger partial charge >= 0.3 is 0 Å². The van der Waals surface area contributed by atoms with E-state index in [4.69, 9.17) is 4.98 Å². The molecule has 1 unspecified atom stereocenters. The summed E-state index contributed by atoms with van der Waals surface area (Å²) in [5.41, 5.74) is 7.13. The molecule has 3 aromatic heterocycles. The van der Waals surface area contributed by atoms with E-state index in [0.29, 0.717) is 18.7 Å². The van der Waals surface area contributed by atoms with Crippen LogP contribution in [0, 0.1) is 13.8 Å². The number of amides is 1. The number of benzene rings is 1. The van der Waals surface area contributed by atoms with Crippen LogP contribution in [0.15, 0.2) is 67.3 Å². The fourth-order valence-corrected chi connectivity index (χ4v) is 5.17. The quantitative estimate of drug-likeness (QED) is 0.377. The maximum Gasteiger partial charge on any atom is 0.253 e. The third-order valence-electron chi connectivity index (χ3n) is 6.92. The lowest BCUT2D eigenvalue weighted by molar-refractivity contribution is 0.0949. The molecule has 0 spiro atoms. The van der Waals surface area contributed by atoms with Crippen LogP contribution < -0.4 is 5.32 Å². The Morgan fingerprint density at radius 3 is 2.75 bits per heavy atom. The number of nitrogens with one attached hydrogen (secondary N) is 2. The van der Waals surface area contributed by atoms with E-state index in [9.17, 15) is 4.79 Å². The van der Waals surface area contributed by atoms with Crippen molar-refractivity contribution < 1.29 is 4.79 Å². The zero-order valence-corrected chi connectivity index (χ0v) is 20.9. The molecule has 5 rings (SSSR count). The van der Waals surface area contributed by atoms with Crippen LogP contribution in [0.3, 0.4) is 0 Å². The highest BCUT2D eigenvalue weighted by molar-refractivity contribution is 5.96. The molecule has 1 amide bonds. The maximum atomic E-state index is 12.8. The monoisotopic (exact) mass is 480 g/mol. The summed E-state index contributed by atoms with van der Waals surface area (Å²) in [5, 5.41) is 3.07. The van der Waals surface area contributed by atoms with Gasteiger partial charge in [-0.1, -0.05) is 30.3 Å². The van der Waals surface area contributed by atoms with Crippen LogP contribution >= 0.6 is 0 Å². The second-order valence-corrected chi connectivity index (χ2v) is 9.49. The van der Waals surface area contributed by atoms with Crippen LogP contribution in [0.5, 0.6) is 0 Å². The number of H-pyrrole nitrogens is 1. The van der Waals surface area contributed by atoms with Gasteiger partial charge < -0.3 is 10.3 Å². The van der Waals surface area contributed by atoms with E-state index in [-0.39, 0.29) is 11.9 Å². The summed E-state index contributed by atoms with van der Waals surface area (Å²) in [7, 11) is 0. The summed E-state index contributed by atoms with van der Waals surface area (Å²) in [4.78, 5) is 32.1. The van der Waals surface area contributed by atoms with Gasteiger partial charge in [-0.05, 0) is 67.5 Å². The van der Waals surface area contributed by atoms with Gasteiger partial charge in [0.25, 0.3) is 5.91 Å². The number of hydrogen-bond acceptors (Lipinski definition) is 5. The molecule has 2 N–H and O–H groups in total. The smallest absolute Gasteiger partial charge is 0.253 e. The third kappa shape index (κ3) is 5.36. The summed E-state index contributed by atoms with van der Waals surface area (Å²) < 4.78 is 0. The normalized spacial score (nSPS) is 15.0. The molecule has 4 aromatic rings. The van der Waals surface area contributed by atoms with E-state index < -0.39 is 0 Å². The minimum atomic E-state index is -0.0900. The molecule has 0 bridgehead atoms. The number of nitrogens with zero attached hydrogens (tertiary/aromatic N) is 4. The van der Waals surface area contributed by atoms with Gasteiger partial charge in [0.15, 0.2) is 0 Å². The van der Waals surface area contributed by atoms with E-state index in [1.165, 1.54) is 16.8 Å². The third-order valence-corrected chi connectivity index (χ3v) is 6.92. The number of aromatic amines is 1. The molecular weight excluding hydrogens is 448 g/mol. The Balaban J connectivity index is 1.33. The lowest BCUT2D eigenvalue weighted by atomic mass is 9.90. The Kier molecular flexibility index (Phi) is 7.18. The van der Waals surface area contributed by atoms with Gasteiger partial charge in [0.2, 0.25) is 0 Å². The van der Waals surface area contributed by atoms with E-state index in [2.05, 4.69) is 55.5 Å². The molecule has 184 valence electrons. The first-order valence-electron chi connectivity index (χ1n) is 12.5. The number of fused-ring (bicyclic) bond motifs is 1. The molecule has 0 radical (unpaired) electrons. The van der Waals surface area contributed by atoms with E-state index in [1.54, 1.807) is 12.4 Å². The highest BCUT2D eigenvalue weighted by Gasteiger charge is 2.28. The van der Waals surface area contributed by atoms with Crippen LogP contribution in [-0.2, 0) is 26.1 Å². The predicted octanol–water partition coefficient (Wildman–Crippen LogP) is 4.83. The fourth-order valence-electron chi connectivity index (χ4n) is 5.17. The second kappa shape index (κ2) is 10.8. The SMILES string of the molecule is Cc1ccnc(C)c1C(=O)NCc1cccc(CN(Cc2ncc[nH]2)C2CCCc3cccnc32)c1. The average Bonchev–Trinajstić information content (AvgIpc) is 3.40. The van der Waals surface area contributed by atoms with E-state index >= 15 is 0 Å². The summed E-state index contributed by atoms with van der Waals surface area (Å²) in [5.74, 6) is 0.858. The average molecular weight is 481 g/mol. The molecule has 1 atom stereocenters. The van der Waals surface area contributed by atoms with Gasteiger partial charge in [-0.25, -0.2) is 4.98 Å². The number of hydrogen-bond donors (Lipinski definition) is 2. The minimum absolute atomic E-state index is 0.0900. The Labute approximate surface area is 212 Å². The molecule has 1 aliphatic rings. The van der Waals surface area contributed by atoms with Crippen molar-refractivity contribution in [2.75, 3.05) is 0 Å². The van der Waals surface area contributed by atoms with Crippen molar-refractivity contribution in [2.24, 2.45) is 0 Å². The van der Waals surface area contributed by atoms with Crippen LogP contribution in [0.25, 0.3) is 0 Å². The maximum absolute atomic E-state index is 12.8. The zero-order valence-electron chi connectivity index (χ0n) is 20.9. The van der Waals surface area contributed by atoms with Crippen LogP contribution in [0.4, 0.5) is 0 Å². The van der Waals surface area contributed by atoms with Crippen molar-refractivity contribution in [1.82, 2.24) is 30.2 Å². The number of rotatable bonds is 8. The first-order chi connectivity index (χ1) is 17.6. The van der Waals surface area contributed by atoms with Crippen molar-refractivity contribution in [1.29, 1.82) is 0 Å². The molecule has 0 saturated heterocycles.